The molecule has 0 radical (unpaired) electrons. The number of amides is 1. The molecule has 0 saturated heterocycles. The van der Waals surface area contributed by atoms with E-state index < -0.39 is 5.82 Å². The lowest BCUT2D eigenvalue weighted by Crippen LogP contribution is -2.33. The molecule has 2 rings (SSSR count). The monoisotopic (exact) mass is 277 g/mol. The van der Waals surface area contributed by atoms with E-state index in [0.717, 1.165) is 24.8 Å². The molecule has 0 fully saturated rings. The molecule has 3 nitrogen and oxygen atoms in total. The van der Waals surface area contributed by atoms with Crippen molar-refractivity contribution in [2.45, 2.75) is 32.2 Å². The molecule has 0 aliphatic heterocycles. The molecule has 0 aromatic heterocycles. The number of hydrogen-bond donors (Lipinski definition) is 1. The molecule has 0 saturated carbocycles. The van der Waals surface area contributed by atoms with Crippen LogP contribution in [0.15, 0.2) is 30.4 Å². The highest BCUT2D eigenvalue weighted by Gasteiger charge is 2.21. The number of halogens is 1. The van der Waals surface area contributed by atoms with Crippen molar-refractivity contribution in [3.05, 3.63) is 41.7 Å². The van der Waals surface area contributed by atoms with Crippen molar-refractivity contribution in [3.63, 3.8) is 0 Å². The first-order chi connectivity index (χ1) is 9.61. The van der Waals surface area contributed by atoms with Crippen LogP contribution in [0.2, 0.25) is 0 Å². The van der Waals surface area contributed by atoms with Gasteiger partial charge in [-0.2, -0.15) is 0 Å². The Hall–Kier alpha value is -1.84. The summed E-state index contributed by atoms with van der Waals surface area (Å²) >= 11 is 0. The fourth-order valence-electron chi connectivity index (χ4n) is 2.40. The topological polar surface area (TPSA) is 38.3 Å². The van der Waals surface area contributed by atoms with Crippen LogP contribution < -0.4 is 10.1 Å². The van der Waals surface area contributed by atoms with Gasteiger partial charge in [0, 0.05) is 5.92 Å². The van der Waals surface area contributed by atoms with Gasteiger partial charge in [-0.25, -0.2) is 4.39 Å². The Kier molecular flexibility index (Phi) is 4.77. The zero-order valence-electron chi connectivity index (χ0n) is 11.9. The molecule has 1 aromatic rings. The first-order valence-corrected chi connectivity index (χ1v) is 6.90. The second-order valence-electron chi connectivity index (χ2n) is 5.11. The van der Waals surface area contributed by atoms with Gasteiger partial charge in [-0.3, -0.25) is 4.79 Å². The lowest BCUT2D eigenvalue weighted by Gasteiger charge is -2.21. The molecular formula is C16H20FNO2. The van der Waals surface area contributed by atoms with Crippen LogP contribution in [-0.4, -0.2) is 13.0 Å². The largest absolute Gasteiger partial charge is 0.494 e. The normalized spacial score (nSPS) is 19.4. The van der Waals surface area contributed by atoms with Gasteiger partial charge in [0.05, 0.1) is 13.2 Å². The highest BCUT2D eigenvalue weighted by Crippen LogP contribution is 2.23. The van der Waals surface area contributed by atoms with E-state index in [-0.39, 0.29) is 23.6 Å². The third-order valence-corrected chi connectivity index (χ3v) is 3.67. The van der Waals surface area contributed by atoms with Crippen molar-refractivity contribution in [3.8, 4) is 5.75 Å². The summed E-state index contributed by atoms with van der Waals surface area (Å²) in [5.41, 5.74) is 0.739. The van der Waals surface area contributed by atoms with Crippen LogP contribution in [0.5, 0.6) is 5.75 Å². The molecule has 1 aromatic carbocycles. The van der Waals surface area contributed by atoms with Crippen LogP contribution in [0, 0.1) is 11.7 Å². The molecule has 0 spiro atoms. The lowest BCUT2D eigenvalue weighted by molar-refractivity contribution is -0.125. The van der Waals surface area contributed by atoms with E-state index >= 15 is 0 Å². The molecule has 1 aliphatic carbocycles. The van der Waals surface area contributed by atoms with E-state index in [1.54, 1.807) is 12.1 Å². The highest BCUT2D eigenvalue weighted by atomic mass is 19.1. The number of hydrogen-bond acceptors (Lipinski definition) is 2. The van der Waals surface area contributed by atoms with Crippen LogP contribution >= 0.6 is 0 Å². The Bertz CT molecular complexity index is 513. The minimum absolute atomic E-state index is 0.0329. The van der Waals surface area contributed by atoms with E-state index in [2.05, 4.69) is 11.4 Å². The summed E-state index contributed by atoms with van der Waals surface area (Å²) in [6.07, 6.45) is 6.77. The standard InChI is InChI=1S/C16H20FNO2/c1-11(13-8-9-15(20-2)14(17)10-13)18-16(19)12-6-4-3-5-7-12/h3-4,8-12H,5-7H2,1-2H3,(H,18,19)/t11-,12+/m1/s1. The summed E-state index contributed by atoms with van der Waals surface area (Å²) in [6, 6.07) is 4.54. The minimum Gasteiger partial charge on any atom is -0.494 e. The van der Waals surface area contributed by atoms with Crippen molar-refractivity contribution in [1.29, 1.82) is 0 Å². The van der Waals surface area contributed by atoms with Crippen LogP contribution in [-0.2, 0) is 4.79 Å². The smallest absolute Gasteiger partial charge is 0.223 e. The van der Waals surface area contributed by atoms with Crippen LogP contribution in [0.25, 0.3) is 0 Å². The Morgan fingerprint density at radius 1 is 1.45 bits per heavy atom. The molecule has 0 heterocycles. The lowest BCUT2D eigenvalue weighted by atomic mass is 9.93. The second-order valence-corrected chi connectivity index (χ2v) is 5.11. The molecule has 1 aliphatic rings. The number of benzene rings is 1. The maximum atomic E-state index is 13.7. The number of rotatable bonds is 4. The quantitative estimate of drug-likeness (QED) is 0.857. The van der Waals surface area contributed by atoms with E-state index in [0.29, 0.717) is 0 Å². The predicted molar refractivity (Wildman–Crippen MR) is 76.0 cm³/mol. The van der Waals surface area contributed by atoms with Gasteiger partial charge >= 0.3 is 0 Å². The number of ether oxygens (including phenoxy) is 1. The minimum atomic E-state index is -0.410. The van der Waals surface area contributed by atoms with Crippen LogP contribution in [0.1, 0.15) is 37.8 Å². The number of nitrogens with one attached hydrogen (secondary N) is 1. The first-order valence-electron chi connectivity index (χ1n) is 6.90. The zero-order chi connectivity index (χ0) is 14.5. The second kappa shape index (κ2) is 6.55. The average molecular weight is 277 g/mol. The molecule has 20 heavy (non-hydrogen) atoms. The number of carbonyl (C=O) groups excluding carboxylic acids is 1. The molecule has 0 unspecified atom stereocenters. The summed E-state index contributed by atoms with van der Waals surface area (Å²) in [4.78, 5) is 12.1. The molecular weight excluding hydrogens is 257 g/mol. The maximum Gasteiger partial charge on any atom is 0.223 e. The molecule has 1 amide bonds. The summed E-state index contributed by atoms with van der Waals surface area (Å²) in [6.45, 7) is 1.86. The summed E-state index contributed by atoms with van der Waals surface area (Å²) < 4.78 is 18.5. The van der Waals surface area contributed by atoms with Gasteiger partial charge in [-0.15, -0.1) is 0 Å². The Morgan fingerprint density at radius 3 is 2.85 bits per heavy atom. The Balaban J connectivity index is 2.00. The molecule has 0 bridgehead atoms. The summed E-state index contributed by atoms with van der Waals surface area (Å²) in [5.74, 6) is -0.125. The van der Waals surface area contributed by atoms with Crippen LogP contribution in [0.3, 0.4) is 0 Å². The van der Waals surface area contributed by atoms with Gasteiger partial charge < -0.3 is 10.1 Å². The predicted octanol–water partition coefficient (Wildman–Crippen LogP) is 3.37. The van der Waals surface area contributed by atoms with Gasteiger partial charge in [0.1, 0.15) is 0 Å². The number of allylic oxidation sites excluding steroid dienone is 2. The van der Waals surface area contributed by atoms with Gasteiger partial charge in [0.2, 0.25) is 5.91 Å². The van der Waals surface area contributed by atoms with Gasteiger partial charge in [-0.05, 0) is 43.9 Å². The van der Waals surface area contributed by atoms with E-state index in [9.17, 15) is 9.18 Å². The Labute approximate surface area is 118 Å². The van der Waals surface area contributed by atoms with Crippen molar-refractivity contribution in [1.82, 2.24) is 5.32 Å². The zero-order valence-corrected chi connectivity index (χ0v) is 11.9. The maximum absolute atomic E-state index is 13.7. The summed E-state index contributed by atoms with van der Waals surface area (Å²) in [5, 5.41) is 2.95. The first kappa shape index (κ1) is 14.6. The van der Waals surface area contributed by atoms with E-state index in [4.69, 9.17) is 4.74 Å². The highest BCUT2D eigenvalue weighted by molar-refractivity contribution is 5.79. The fourth-order valence-corrected chi connectivity index (χ4v) is 2.40. The molecule has 1 N–H and O–H groups in total. The van der Waals surface area contributed by atoms with Crippen molar-refractivity contribution in [2.75, 3.05) is 7.11 Å². The van der Waals surface area contributed by atoms with Crippen molar-refractivity contribution >= 4 is 5.91 Å². The third kappa shape index (κ3) is 3.38. The van der Waals surface area contributed by atoms with Gasteiger partial charge in [0.15, 0.2) is 11.6 Å². The summed E-state index contributed by atoms with van der Waals surface area (Å²) in [7, 11) is 1.43. The molecule has 108 valence electrons. The van der Waals surface area contributed by atoms with Gasteiger partial charge in [-0.1, -0.05) is 18.2 Å². The Morgan fingerprint density at radius 2 is 2.25 bits per heavy atom. The molecule has 2 atom stereocenters. The average Bonchev–Trinajstić information content (AvgIpc) is 2.48. The fraction of sp³-hybridized carbons (Fsp3) is 0.438. The SMILES string of the molecule is COc1ccc([C@@H](C)NC(=O)[C@H]2CC=CCC2)cc1F. The van der Waals surface area contributed by atoms with Crippen molar-refractivity contribution < 1.29 is 13.9 Å². The van der Waals surface area contributed by atoms with Crippen LogP contribution in [0.4, 0.5) is 4.39 Å². The van der Waals surface area contributed by atoms with Crippen molar-refractivity contribution in [2.24, 2.45) is 5.92 Å². The molecule has 4 heteroatoms. The van der Waals surface area contributed by atoms with Gasteiger partial charge in [0.25, 0.3) is 0 Å². The third-order valence-electron chi connectivity index (χ3n) is 3.67. The van der Waals surface area contributed by atoms with E-state index in [1.165, 1.54) is 13.2 Å². The van der Waals surface area contributed by atoms with E-state index in [1.807, 2.05) is 13.0 Å². The number of carbonyl (C=O) groups is 1. The number of methoxy groups -OCH3 is 1.